The highest BCUT2D eigenvalue weighted by molar-refractivity contribution is 6.37. The molecule has 1 amide bonds. The lowest BCUT2D eigenvalue weighted by Gasteiger charge is -2.37. The van der Waals surface area contributed by atoms with Crippen molar-refractivity contribution in [3.8, 4) is 11.3 Å². The summed E-state index contributed by atoms with van der Waals surface area (Å²) in [5.41, 5.74) is 2.41. The van der Waals surface area contributed by atoms with Crippen LogP contribution in [-0.4, -0.2) is 39.3 Å². The minimum atomic E-state index is -0.349. The van der Waals surface area contributed by atoms with Crippen molar-refractivity contribution in [1.82, 2.24) is 15.2 Å². The Bertz CT molecular complexity index is 1080. The Hall–Kier alpha value is -2.09. The molecule has 4 rings (SSSR count). The van der Waals surface area contributed by atoms with Crippen molar-refractivity contribution in [3.05, 3.63) is 68.8 Å². The third-order valence-corrected chi connectivity index (χ3v) is 6.09. The smallest absolute Gasteiger partial charge is 0.291 e. The van der Waals surface area contributed by atoms with E-state index in [0.717, 1.165) is 37.9 Å². The van der Waals surface area contributed by atoms with E-state index in [-0.39, 0.29) is 18.2 Å². The predicted molar refractivity (Wildman–Crippen MR) is 124 cm³/mol. The fourth-order valence-corrected chi connectivity index (χ4v) is 4.38. The van der Waals surface area contributed by atoms with Gasteiger partial charge >= 0.3 is 0 Å². The highest BCUT2D eigenvalue weighted by Crippen LogP contribution is 2.33. The minimum Gasteiger partial charge on any atom is -0.392 e. The predicted octanol–water partition coefficient (Wildman–Crippen LogP) is 5.58. The number of hydrogen-bond acceptors (Lipinski definition) is 4. The second-order valence-electron chi connectivity index (χ2n) is 7.32. The Morgan fingerprint density at radius 3 is 2.35 bits per heavy atom. The topological polar surface area (TPSA) is 72.5 Å². The Balaban J connectivity index is 1.77. The molecule has 1 aliphatic heterocycles. The summed E-state index contributed by atoms with van der Waals surface area (Å²) in [7, 11) is 0. The van der Waals surface area contributed by atoms with Crippen LogP contribution in [0.4, 0.5) is 5.69 Å². The largest absolute Gasteiger partial charge is 0.392 e. The van der Waals surface area contributed by atoms with Gasteiger partial charge in [-0.15, -0.1) is 0 Å². The van der Waals surface area contributed by atoms with Gasteiger partial charge in [0.05, 0.1) is 23.0 Å². The zero-order chi connectivity index (χ0) is 22.0. The van der Waals surface area contributed by atoms with Crippen LogP contribution >= 0.6 is 34.8 Å². The highest BCUT2D eigenvalue weighted by atomic mass is 35.5. The molecule has 162 valence electrons. The number of carbonyl (C=O) groups is 1. The number of hydrogen-bond donors (Lipinski definition) is 2. The summed E-state index contributed by atoms with van der Waals surface area (Å²) in [6, 6.07) is 12.1. The Morgan fingerprint density at radius 1 is 1.03 bits per heavy atom. The van der Waals surface area contributed by atoms with E-state index in [1.807, 2.05) is 5.01 Å². The number of aromatic nitrogens is 2. The van der Waals surface area contributed by atoms with Crippen LogP contribution in [0.3, 0.4) is 0 Å². The highest BCUT2D eigenvalue weighted by Gasteiger charge is 2.31. The molecule has 3 aromatic rings. The van der Waals surface area contributed by atoms with Crippen LogP contribution < -0.4 is 5.01 Å². The van der Waals surface area contributed by atoms with Crippen molar-refractivity contribution in [3.63, 3.8) is 0 Å². The van der Waals surface area contributed by atoms with E-state index >= 15 is 0 Å². The van der Waals surface area contributed by atoms with Gasteiger partial charge in [0.15, 0.2) is 0 Å². The van der Waals surface area contributed by atoms with Gasteiger partial charge in [-0.05, 0) is 43.2 Å². The maximum Gasteiger partial charge on any atom is 0.291 e. The fraction of sp³-hybridized carbons (Fsp3) is 0.273. The van der Waals surface area contributed by atoms with Gasteiger partial charge in [0.2, 0.25) is 0 Å². The number of rotatable bonds is 5. The number of hydrazine groups is 1. The summed E-state index contributed by atoms with van der Waals surface area (Å²) >= 11 is 18.5. The number of H-pyrrole nitrogens is 1. The van der Waals surface area contributed by atoms with Crippen LogP contribution in [0.15, 0.2) is 42.5 Å². The molecule has 1 aromatic heterocycles. The number of piperidine rings is 1. The minimum absolute atomic E-state index is 0.212. The summed E-state index contributed by atoms with van der Waals surface area (Å²) < 4.78 is 0. The molecule has 0 saturated carbocycles. The Labute approximate surface area is 195 Å². The molecular formula is C22H21Cl3N4O2. The van der Waals surface area contributed by atoms with Crippen LogP contribution in [0.5, 0.6) is 0 Å². The van der Waals surface area contributed by atoms with Crippen molar-refractivity contribution >= 4 is 46.4 Å². The van der Waals surface area contributed by atoms with E-state index in [4.69, 9.17) is 34.8 Å². The molecule has 31 heavy (non-hydrogen) atoms. The van der Waals surface area contributed by atoms with Crippen molar-refractivity contribution < 1.29 is 9.90 Å². The van der Waals surface area contributed by atoms with Gasteiger partial charge in [-0.25, -0.2) is 10.0 Å². The molecular weight excluding hydrogens is 459 g/mol. The van der Waals surface area contributed by atoms with Crippen molar-refractivity contribution in [2.75, 3.05) is 18.1 Å². The van der Waals surface area contributed by atoms with E-state index in [2.05, 4.69) is 10.2 Å². The molecule has 0 radical (unpaired) electrons. The molecule has 1 saturated heterocycles. The Morgan fingerprint density at radius 2 is 1.71 bits per heavy atom. The second-order valence-corrected chi connectivity index (χ2v) is 8.60. The lowest BCUT2D eigenvalue weighted by atomic mass is 10.1. The summed E-state index contributed by atoms with van der Waals surface area (Å²) in [5.74, 6) is -0.345. The van der Waals surface area contributed by atoms with Crippen molar-refractivity contribution in [2.45, 2.75) is 25.9 Å². The average Bonchev–Trinajstić information content (AvgIpc) is 3.21. The summed E-state index contributed by atoms with van der Waals surface area (Å²) in [6.07, 6.45) is 3.06. The molecule has 1 fully saturated rings. The van der Waals surface area contributed by atoms with Crippen LogP contribution in [0.1, 0.15) is 35.3 Å². The number of nitrogens with zero attached hydrogens (tertiary/aromatic N) is 3. The number of nitrogens with one attached hydrogen (secondary N) is 1. The lowest BCUT2D eigenvalue weighted by molar-refractivity contribution is 0.0864. The molecule has 1 aliphatic rings. The van der Waals surface area contributed by atoms with Crippen LogP contribution in [-0.2, 0) is 6.61 Å². The number of anilines is 1. The monoisotopic (exact) mass is 478 g/mol. The molecule has 0 spiro atoms. The van der Waals surface area contributed by atoms with E-state index in [9.17, 15) is 9.90 Å². The third kappa shape index (κ3) is 4.59. The molecule has 2 heterocycles. The van der Waals surface area contributed by atoms with Gasteiger partial charge < -0.3 is 5.11 Å². The number of amides is 1. The lowest BCUT2D eigenvalue weighted by Crippen LogP contribution is -2.49. The molecule has 0 unspecified atom stereocenters. The molecule has 2 N–H and O–H groups in total. The van der Waals surface area contributed by atoms with Gasteiger partial charge in [0.25, 0.3) is 5.91 Å². The molecule has 0 atom stereocenters. The number of aromatic amines is 1. The van der Waals surface area contributed by atoms with Gasteiger partial charge in [-0.3, -0.25) is 9.89 Å². The summed E-state index contributed by atoms with van der Waals surface area (Å²) in [5, 5.41) is 22.2. The molecule has 0 bridgehead atoms. The van der Waals surface area contributed by atoms with Gasteiger partial charge in [0, 0.05) is 34.3 Å². The fourth-order valence-electron chi connectivity index (χ4n) is 3.77. The van der Waals surface area contributed by atoms with E-state index in [0.29, 0.717) is 32.0 Å². The van der Waals surface area contributed by atoms with Gasteiger partial charge in [-0.1, -0.05) is 53.4 Å². The zero-order valence-corrected chi connectivity index (χ0v) is 18.9. The second kappa shape index (κ2) is 9.59. The summed E-state index contributed by atoms with van der Waals surface area (Å²) in [4.78, 5) is 13.7. The average molecular weight is 480 g/mol. The normalized spacial score (nSPS) is 14.6. The number of carbonyl (C=O) groups excluding carboxylic acids is 1. The maximum atomic E-state index is 13.7. The first-order valence-electron chi connectivity index (χ1n) is 9.98. The van der Waals surface area contributed by atoms with Crippen molar-refractivity contribution in [2.24, 2.45) is 0 Å². The van der Waals surface area contributed by atoms with Crippen molar-refractivity contribution in [1.29, 1.82) is 0 Å². The summed E-state index contributed by atoms with van der Waals surface area (Å²) in [6.45, 7) is 1.09. The van der Waals surface area contributed by atoms with E-state index in [1.54, 1.807) is 47.5 Å². The van der Waals surface area contributed by atoms with Crippen LogP contribution in [0.25, 0.3) is 11.3 Å². The van der Waals surface area contributed by atoms with Gasteiger partial charge in [-0.2, -0.15) is 5.10 Å². The third-order valence-electron chi connectivity index (χ3n) is 5.30. The molecule has 2 aromatic carbocycles. The Kier molecular flexibility index (Phi) is 6.84. The van der Waals surface area contributed by atoms with Crippen LogP contribution in [0, 0.1) is 0 Å². The number of halogens is 3. The number of aliphatic hydroxyl groups excluding tert-OH is 1. The maximum absolute atomic E-state index is 13.7. The zero-order valence-electron chi connectivity index (χ0n) is 16.6. The number of aliphatic hydroxyl groups is 1. The first kappa shape index (κ1) is 22.1. The first-order valence-corrected chi connectivity index (χ1v) is 11.1. The number of benzene rings is 2. The first-order chi connectivity index (χ1) is 15.0. The molecule has 0 aliphatic carbocycles. The quantitative estimate of drug-likeness (QED) is 0.501. The molecule has 6 nitrogen and oxygen atoms in total. The standard InChI is InChI=1S/C22H21Cl3N4O2/c23-15-6-4-14(5-7-15)20-17(13-30)21(27-26-20)22(31)29(28-10-2-1-3-11-28)19-9-8-16(24)12-18(19)25/h4-9,12,30H,1-3,10-11,13H2,(H,26,27). The van der Waals surface area contributed by atoms with Crippen LogP contribution in [0.2, 0.25) is 15.1 Å². The van der Waals surface area contributed by atoms with Gasteiger partial charge in [0.1, 0.15) is 5.69 Å². The van der Waals surface area contributed by atoms with E-state index < -0.39 is 0 Å². The molecule has 9 heteroatoms. The SMILES string of the molecule is O=C(c1[nH]nc(-c2ccc(Cl)cc2)c1CO)N(c1ccc(Cl)cc1Cl)N1CCCCC1. The van der Waals surface area contributed by atoms with E-state index in [1.165, 1.54) is 0 Å².